The maximum absolute atomic E-state index is 9.58. The van der Waals surface area contributed by atoms with Crippen LogP contribution in [-0.2, 0) is 4.74 Å². The Morgan fingerprint density at radius 3 is 2.53 bits per heavy atom. The van der Waals surface area contributed by atoms with Gasteiger partial charge in [-0.2, -0.15) is 0 Å². The summed E-state index contributed by atoms with van der Waals surface area (Å²) in [6.07, 6.45) is 1.53. The standard InChI is InChI=1S/C13H20N2O2/c14-9-13(16)10-1-3-11(4-2-10)15-12-5-7-17-8-6-12/h1-4,12-13,15-16H,5-9,14H2. The fraction of sp³-hybridized carbons (Fsp3) is 0.538. The Bertz CT molecular complexity index is 334. The molecule has 1 fully saturated rings. The predicted molar refractivity (Wildman–Crippen MR) is 67.9 cm³/mol. The van der Waals surface area contributed by atoms with Crippen LogP contribution in [-0.4, -0.2) is 30.9 Å². The summed E-state index contributed by atoms with van der Waals surface area (Å²) in [6.45, 7) is 1.93. The Morgan fingerprint density at radius 1 is 1.29 bits per heavy atom. The van der Waals surface area contributed by atoms with Crippen LogP contribution < -0.4 is 11.1 Å². The third-order valence-electron chi connectivity index (χ3n) is 3.11. The largest absolute Gasteiger partial charge is 0.387 e. The van der Waals surface area contributed by atoms with Gasteiger partial charge in [-0.1, -0.05) is 12.1 Å². The number of nitrogens with two attached hydrogens (primary N) is 1. The number of anilines is 1. The summed E-state index contributed by atoms with van der Waals surface area (Å²) in [7, 11) is 0. The number of hydrogen-bond acceptors (Lipinski definition) is 4. The first-order chi connectivity index (χ1) is 8.29. The van der Waals surface area contributed by atoms with E-state index in [1.807, 2.05) is 24.3 Å². The van der Waals surface area contributed by atoms with Gasteiger partial charge in [0.05, 0.1) is 6.10 Å². The minimum absolute atomic E-state index is 0.257. The molecule has 4 nitrogen and oxygen atoms in total. The number of benzene rings is 1. The molecule has 17 heavy (non-hydrogen) atoms. The molecular formula is C13H20N2O2. The lowest BCUT2D eigenvalue weighted by molar-refractivity contribution is 0.0904. The van der Waals surface area contributed by atoms with Crippen LogP contribution in [0.5, 0.6) is 0 Å². The second-order valence-corrected chi connectivity index (χ2v) is 4.40. The third-order valence-corrected chi connectivity index (χ3v) is 3.11. The van der Waals surface area contributed by atoms with Crippen LogP contribution in [0.3, 0.4) is 0 Å². The summed E-state index contributed by atoms with van der Waals surface area (Å²) >= 11 is 0. The number of aliphatic hydroxyl groups is 1. The first-order valence-corrected chi connectivity index (χ1v) is 6.12. The molecule has 0 amide bonds. The van der Waals surface area contributed by atoms with E-state index in [9.17, 15) is 5.11 Å². The summed E-state index contributed by atoms with van der Waals surface area (Å²) < 4.78 is 5.32. The van der Waals surface area contributed by atoms with Crippen LogP contribution in [0, 0.1) is 0 Å². The highest BCUT2D eigenvalue weighted by molar-refractivity contribution is 5.45. The van der Waals surface area contributed by atoms with Gasteiger partial charge < -0.3 is 20.9 Å². The van der Waals surface area contributed by atoms with Crippen molar-refractivity contribution in [2.75, 3.05) is 25.1 Å². The van der Waals surface area contributed by atoms with E-state index in [4.69, 9.17) is 10.5 Å². The van der Waals surface area contributed by atoms with Crippen LogP contribution in [0.2, 0.25) is 0 Å². The van der Waals surface area contributed by atoms with Gasteiger partial charge in [0.25, 0.3) is 0 Å². The van der Waals surface area contributed by atoms with E-state index >= 15 is 0 Å². The van der Waals surface area contributed by atoms with Crippen molar-refractivity contribution in [2.45, 2.75) is 25.0 Å². The van der Waals surface area contributed by atoms with Crippen LogP contribution >= 0.6 is 0 Å². The zero-order valence-electron chi connectivity index (χ0n) is 9.93. The smallest absolute Gasteiger partial charge is 0.0912 e. The van der Waals surface area contributed by atoms with E-state index in [0.717, 1.165) is 37.3 Å². The van der Waals surface area contributed by atoms with Crippen LogP contribution in [0.4, 0.5) is 5.69 Å². The number of ether oxygens (including phenoxy) is 1. The van der Waals surface area contributed by atoms with Gasteiger partial charge in [-0.25, -0.2) is 0 Å². The number of rotatable bonds is 4. The molecule has 0 spiro atoms. The lowest BCUT2D eigenvalue weighted by Crippen LogP contribution is -2.27. The zero-order valence-corrected chi connectivity index (χ0v) is 9.93. The quantitative estimate of drug-likeness (QED) is 0.736. The first kappa shape index (κ1) is 12.4. The molecule has 0 radical (unpaired) electrons. The van der Waals surface area contributed by atoms with Crippen molar-refractivity contribution in [3.8, 4) is 0 Å². The van der Waals surface area contributed by atoms with Gasteiger partial charge in [0, 0.05) is 31.5 Å². The molecule has 4 N–H and O–H groups in total. The van der Waals surface area contributed by atoms with Crippen LogP contribution in [0.15, 0.2) is 24.3 Å². The monoisotopic (exact) mass is 236 g/mol. The molecule has 1 aromatic carbocycles. The highest BCUT2D eigenvalue weighted by atomic mass is 16.5. The summed E-state index contributed by atoms with van der Waals surface area (Å²) in [4.78, 5) is 0. The molecule has 1 atom stereocenters. The fourth-order valence-electron chi connectivity index (χ4n) is 2.02. The van der Waals surface area contributed by atoms with E-state index in [2.05, 4.69) is 5.32 Å². The van der Waals surface area contributed by atoms with Gasteiger partial charge in [-0.3, -0.25) is 0 Å². The molecular weight excluding hydrogens is 216 g/mol. The average Bonchev–Trinajstić information content (AvgIpc) is 2.40. The lowest BCUT2D eigenvalue weighted by Gasteiger charge is -2.24. The normalized spacial score (nSPS) is 18.9. The summed E-state index contributed by atoms with van der Waals surface area (Å²) in [6, 6.07) is 8.31. The van der Waals surface area contributed by atoms with Crippen molar-refractivity contribution >= 4 is 5.69 Å². The summed E-state index contributed by atoms with van der Waals surface area (Å²) in [5, 5.41) is 13.1. The summed E-state index contributed by atoms with van der Waals surface area (Å²) in [5.74, 6) is 0. The Hall–Kier alpha value is -1.10. The summed E-state index contributed by atoms with van der Waals surface area (Å²) in [5.41, 5.74) is 7.37. The third kappa shape index (κ3) is 3.43. The zero-order chi connectivity index (χ0) is 12.1. The van der Waals surface area contributed by atoms with Gasteiger partial charge in [0.15, 0.2) is 0 Å². The lowest BCUT2D eigenvalue weighted by atomic mass is 10.1. The number of hydrogen-bond donors (Lipinski definition) is 3. The van der Waals surface area contributed by atoms with Crippen molar-refractivity contribution in [3.05, 3.63) is 29.8 Å². The molecule has 1 aliphatic heterocycles. The molecule has 1 saturated heterocycles. The van der Waals surface area contributed by atoms with Gasteiger partial charge in [-0.05, 0) is 30.5 Å². The molecule has 0 aliphatic carbocycles. The molecule has 1 unspecified atom stereocenters. The van der Waals surface area contributed by atoms with Gasteiger partial charge in [0.1, 0.15) is 0 Å². The molecule has 1 aromatic rings. The molecule has 4 heteroatoms. The highest BCUT2D eigenvalue weighted by Crippen LogP contribution is 2.18. The second kappa shape index (κ2) is 6.00. The topological polar surface area (TPSA) is 67.5 Å². The fourth-order valence-corrected chi connectivity index (χ4v) is 2.02. The Kier molecular flexibility index (Phi) is 4.36. The van der Waals surface area contributed by atoms with Crippen molar-refractivity contribution in [1.82, 2.24) is 0 Å². The maximum Gasteiger partial charge on any atom is 0.0912 e. The van der Waals surface area contributed by atoms with Gasteiger partial charge in [0.2, 0.25) is 0 Å². The molecule has 1 aliphatic rings. The first-order valence-electron chi connectivity index (χ1n) is 6.12. The van der Waals surface area contributed by atoms with E-state index in [0.29, 0.717) is 6.04 Å². The Balaban J connectivity index is 1.93. The van der Waals surface area contributed by atoms with Gasteiger partial charge in [-0.15, -0.1) is 0 Å². The van der Waals surface area contributed by atoms with E-state index in [-0.39, 0.29) is 6.54 Å². The molecule has 0 saturated carbocycles. The SMILES string of the molecule is NCC(O)c1ccc(NC2CCOCC2)cc1. The van der Waals surface area contributed by atoms with E-state index in [1.54, 1.807) is 0 Å². The van der Waals surface area contributed by atoms with E-state index < -0.39 is 6.10 Å². The van der Waals surface area contributed by atoms with E-state index in [1.165, 1.54) is 0 Å². The molecule has 0 aromatic heterocycles. The molecule has 0 bridgehead atoms. The minimum Gasteiger partial charge on any atom is -0.387 e. The van der Waals surface area contributed by atoms with Crippen molar-refractivity contribution in [2.24, 2.45) is 5.73 Å². The van der Waals surface area contributed by atoms with Crippen molar-refractivity contribution in [1.29, 1.82) is 0 Å². The van der Waals surface area contributed by atoms with Crippen molar-refractivity contribution in [3.63, 3.8) is 0 Å². The van der Waals surface area contributed by atoms with Gasteiger partial charge >= 0.3 is 0 Å². The predicted octanol–water partition coefficient (Wildman–Crippen LogP) is 1.27. The Labute approximate surface area is 102 Å². The number of nitrogens with one attached hydrogen (secondary N) is 1. The molecule has 2 rings (SSSR count). The Morgan fingerprint density at radius 2 is 1.94 bits per heavy atom. The highest BCUT2D eigenvalue weighted by Gasteiger charge is 2.13. The maximum atomic E-state index is 9.58. The van der Waals surface area contributed by atoms with Crippen LogP contribution in [0.1, 0.15) is 24.5 Å². The average molecular weight is 236 g/mol. The number of aliphatic hydroxyl groups excluding tert-OH is 1. The minimum atomic E-state index is -0.563. The second-order valence-electron chi connectivity index (χ2n) is 4.40. The molecule has 1 heterocycles. The van der Waals surface area contributed by atoms with Crippen LogP contribution in [0.25, 0.3) is 0 Å². The molecule has 94 valence electrons. The van der Waals surface area contributed by atoms with Crippen molar-refractivity contribution < 1.29 is 9.84 Å².